The number of halogens is 3. The van der Waals surface area contributed by atoms with Gasteiger partial charge in [0.15, 0.2) is 17.2 Å². The molecule has 2 N–H and O–H groups in total. The standard InChI is InChI=1S/C32H38ClF2NO6/c1-4-28(40)42-17-26(38)29-19(16-36(41)15-18-5-7-20(33)8-6-18)11-22-23-13-25(34)24-12-21(37)9-10-31(24,3)32(23,35)27(39)14-30(22,29)2/h5-10,12,19,22-23,25,27,29,39,41H,4,11,13-17H2,1-3H3/t19-,22?,23-,25-,27-,29+,30?,31-,32-/m0/s1. The average Bonchev–Trinajstić information content (AvgIpc) is 3.22. The first-order valence-corrected chi connectivity index (χ1v) is 14.9. The highest BCUT2D eigenvalue weighted by Gasteiger charge is 2.73. The Morgan fingerprint density at radius 2 is 1.86 bits per heavy atom. The molecule has 5 rings (SSSR count). The lowest BCUT2D eigenvalue weighted by Gasteiger charge is -2.62. The normalized spacial score (nSPS) is 38.9. The summed E-state index contributed by atoms with van der Waals surface area (Å²) >= 11 is 5.98. The van der Waals surface area contributed by atoms with Crippen molar-refractivity contribution >= 4 is 29.1 Å². The molecule has 4 aliphatic rings. The zero-order valence-corrected chi connectivity index (χ0v) is 24.8. The molecule has 10 heteroatoms. The minimum absolute atomic E-state index is 0.0366. The van der Waals surface area contributed by atoms with Crippen LogP contribution in [0.1, 0.15) is 52.0 Å². The van der Waals surface area contributed by atoms with Crippen LogP contribution in [0.25, 0.3) is 0 Å². The maximum atomic E-state index is 17.5. The monoisotopic (exact) mass is 605 g/mol. The molecule has 1 aromatic carbocycles. The van der Waals surface area contributed by atoms with Crippen molar-refractivity contribution in [1.29, 1.82) is 0 Å². The molecular formula is C32H38ClF2NO6. The molecule has 0 aliphatic heterocycles. The van der Waals surface area contributed by atoms with Crippen molar-refractivity contribution in [2.24, 2.45) is 34.5 Å². The van der Waals surface area contributed by atoms with Gasteiger partial charge in [-0.05, 0) is 78.9 Å². The lowest BCUT2D eigenvalue weighted by atomic mass is 9.45. The number of hydrogen-bond acceptors (Lipinski definition) is 7. The van der Waals surface area contributed by atoms with E-state index < -0.39 is 70.8 Å². The SMILES string of the molecule is CCC(=O)OCC(=O)[C@H]1[C@H](CN(O)Cc2ccc(Cl)cc2)CC2[C@@H]3C[C@H](F)C4=CC(=O)C=C[C@]4(C)[C@@]3(F)[C@@H](O)CC21C. The van der Waals surface area contributed by atoms with Gasteiger partial charge in [-0.15, -0.1) is 0 Å². The first kappa shape index (κ1) is 31.0. The maximum absolute atomic E-state index is 17.5. The van der Waals surface area contributed by atoms with Crippen LogP contribution in [0.3, 0.4) is 0 Å². The molecule has 0 amide bonds. The van der Waals surface area contributed by atoms with Gasteiger partial charge in [-0.1, -0.05) is 43.7 Å². The molecule has 3 fully saturated rings. The van der Waals surface area contributed by atoms with E-state index in [1.807, 2.05) is 6.92 Å². The number of aliphatic hydroxyl groups excluding tert-OH is 1. The maximum Gasteiger partial charge on any atom is 0.305 e. The molecule has 1 aromatic rings. The van der Waals surface area contributed by atoms with Gasteiger partial charge in [0.25, 0.3) is 0 Å². The Hall–Kier alpha value is -2.46. The van der Waals surface area contributed by atoms with Gasteiger partial charge in [-0.25, -0.2) is 8.78 Å². The summed E-state index contributed by atoms with van der Waals surface area (Å²) in [6, 6.07) is 6.97. The van der Waals surface area contributed by atoms with E-state index in [0.717, 1.165) is 16.7 Å². The number of carbonyl (C=O) groups is 3. The van der Waals surface area contributed by atoms with Crippen molar-refractivity contribution in [3.8, 4) is 0 Å². The van der Waals surface area contributed by atoms with E-state index in [0.29, 0.717) is 11.4 Å². The van der Waals surface area contributed by atoms with Crippen LogP contribution in [0.2, 0.25) is 5.02 Å². The van der Waals surface area contributed by atoms with Crippen molar-refractivity contribution in [3.63, 3.8) is 0 Å². The van der Waals surface area contributed by atoms with Gasteiger partial charge in [0.1, 0.15) is 12.8 Å². The smallest absolute Gasteiger partial charge is 0.305 e. The first-order valence-electron chi connectivity index (χ1n) is 14.6. The molecule has 42 heavy (non-hydrogen) atoms. The van der Waals surface area contributed by atoms with Crippen LogP contribution in [0.4, 0.5) is 8.78 Å². The number of ether oxygens (including phenoxy) is 1. The fourth-order valence-corrected chi connectivity index (χ4v) is 8.80. The second-order valence-corrected chi connectivity index (χ2v) is 13.3. The number of hydrogen-bond donors (Lipinski definition) is 2. The molecule has 2 unspecified atom stereocenters. The molecule has 7 nitrogen and oxygen atoms in total. The number of fused-ring (bicyclic) bond motifs is 5. The van der Waals surface area contributed by atoms with E-state index in [-0.39, 0.29) is 43.7 Å². The summed E-state index contributed by atoms with van der Waals surface area (Å²) in [5, 5.41) is 24.2. The van der Waals surface area contributed by atoms with Crippen molar-refractivity contribution in [3.05, 3.63) is 58.7 Å². The number of hydroxylamine groups is 2. The summed E-state index contributed by atoms with van der Waals surface area (Å²) in [4.78, 5) is 37.7. The predicted molar refractivity (Wildman–Crippen MR) is 151 cm³/mol. The number of ketones is 2. The molecule has 228 valence electrons. The summed E-state index contributed by atoms with van der Waals surface area (Å²) in [5.41, 5.74) is -3.93. The van der Waals surface area contributed by atoms with E-state index >= 15 is 8.78 Å². The van der Waals surface area contributed by atoms with Crippen molar-refractivity contribution < 1.29 is 38.2 Å². The van der Waals surface area contributed by atoms with Crippen LogP contribution in [-0.2, 0) is 25.7 Å². The molecule has 0 saturated heterocycles. The summed E-state index contributed by atoms with van der Waals surface area (Å²) in [7, 11) is 0. The van der Waals surface area contributed by atoms with E-state index in [9.17, 15) is 24.7 Å². The minimum Gasteiger partial charge on any atom is -0.458 e. The highest BCUT2D eigenvalue weighted by molar-refractivity contribution is 6.30. The Balaban J connectivity index is 1.49. The number of nitrogens with zero attached hydrogens (tertiary/aromatic N) is 1. The highest BCUT2D eigenvalue weighted by atomic mass is 35.5. The average molecular weight is 606 g/mol. The summed E-state index contributed by atoms with van der Waals surface area (Å²) in [6.45, 7) is 4.72. The predicted octanol–water partition coefficient (Wildman–Crippen LogP) is 5.21. The number of carbonyl (C=O) groups excluding carboxylic acids is 3. The number of alkyl halides is 2. The van der Waals surface area contributed by atoms with Crippen LogP contribution >= 0.6 is 11.6 Å². The van der Waals surface area contributed by atoms with Crippen molar-refractivity contribution in [2.45, 2.75) is 70.9 Å². The Morgan fingerprint density at radius 3 is 2.52 bits per heavy atom. The van der Waals surface area contributed by atoms with Gasteiger partial charge in [-0.2, -0.15) is 5.06 Å². The Kier molecular flexibility index (Phi) is 8.28. The van der Waals surface area contributed by atoms with Gasteiger partial charge in [0, 0.05) is 41.8 Å². The van der Waals surface area contributed by atoms with Crippen molar-refractivity contribution in [1.82, 2.24) is 5.06 Å². The number of aliphatic hydroxyl groups is 1. The molecular weight excluding hydrogens is 568 g/mol. The third-order valence-corrected chi connectivity index (χ3v) is 10.8. The molecule has 0 bridgehead atoms. The van der Waals surface area contributed by atoms with Gasteiger partial charge >= 0.3 is 5.97 Å². The van der Waals surface area contributed by atoms with Gasteiger partial charge in [0.05, 0.1) is 6.10 Å². The molecule has 0 radical (unpaired) electrons. The Bertz CT molecular complexity index is 1320. The molecule has 0 spiro atoms. The van der Waals surface area contributed by atoms with Crippen LogP contribution in [-0.4, -0.2) is 64.0 Å². The topological polar surface area (TPSA) is 104 Å². The second kappa shape index (κ2) is 11.2. The molecule has 3 saturated carbocycles. The fraction of sp³-hybridized carbons (Fsp3) is 0.594. The van der Waals surface area contributed by atoms with Crippen LogP contribution in [0.5, 0.6) is 0 Å². The second-order valence-electron chi connectivity index (χ2n) is 12.9. The zero-order valence-electron chi connectivity index (χ0n) is 24.1. The van der Waals surface area contributed by atoms with Gasteiger partial charge in [0.2, 0.25) is 0 Å². The molecule has 0 heterocycles. The Morgan fingerprint density at radius 1 is 1.17 bits per heavy atom. The summed E-state index contributed by atoms with van der Waals surface area (Å²) < 4.78 is 38.5. The first-order chi connectivity index (χ1) is 19.7. The molecule has 4 aliphatic carbocycles. The number of Topliss-reactive ketones (excluding diaryl/α,β-unsaturated/α-hetero) is 1. The minimum atomic E-state index is -2.28. The van der Waals surface area contributed by atoms with Gasteiger partial charge in [-0.3, -0.25) is 14.4 Å². The number of benzene rings is 1. The number of esters is 1. The lowest BCUT2D eigenvalue weighted by molar-refractivity contribution is -0.202. The van der Waals surface area contributed by atoms with Crippen LogP contribution < -0.4 is 0 Å². The lowest BCUT2D eigenvalue weighted by Crippen LogP contribution is -2.68. The van der Waals surface area contributed by atoms with Crippen molar-refractivity contribution in [2.75, 3.05) is 13.2 Å². The molecule has 9 atom stereocenters. The third-order valence-electron chi connectivity index (χ3n) is 10.5. The van der Waals surface area contributed by atoms with Crippen LogP contribution in [0.15, 0.2) is 48.1 Å². The Labute approximate surface area is 249 Å². The zero-order chi connectivity index (χ0) is 30.6. The van der Waals surface area contributed by atoms with Crippen LogP contribution in [0, 0.1) is 34.5 Å². The van der Waals surface area contributed by atoms with E-state index in [4.69, 9.17) is 16.3 Å². The van der Waals surface area contributed by atoms with E-state index in [1.54, 1.807) is 31.2 Å². The number of allylic oxidation sites excluding steroid dienone is 4. The third kappa shape index (κ3) is 4.96. The highest BCUT2D eigenvalue weighted by Crippen LogP contribution is 2.70. The number of rotatable bonds is 8. The summed E-state index contributed by atoms with van der Waals surface area (Å²) in [5.74, 6) is -4.05. The largest absolute Gasteiger partial charge is 0.458 e. The molecule has 0 aromatic heterocycles. The summed E-state index contributed by atoms with van der Waals surface area (Å²) in [6.07, 6.45) is 0.712. The van der Waals surface area contributed by atoms with E-state index in [2.05, 4.69) is 0 Å². The quantitative estimate of drug-likeness (QED) is 0.309. The van der Waals surface area contributed by atoms with E-state index in [1.165, 1.54) is 19.1 Å². The van der Waals surface area contributed by atoms with Gasteiger partial charge < -0.3 is 15.1 Å². The fourth-order valence-electron chi connectivity index (χ4n) is 8.68.